The molecule has 0 atom stereocenters. The van der Waals surface area contributed by atoms with Crippen molar-refractivity contribution in [1.29, 1.82) is 0 Å². The first-order chi connectivity index (χ1) is 18.1. The van der Waals surface area contributed by atoms with E-state index >= 15 is 0 Å². The topological polar surface area (TPSA) is 52.7 Å². The van der Waals surface area contributed by atoms with Crippen molar-refractivity contribution >= 4 is 17.5 Å². The van der Waals surface area contributed by atoms with Gasteiger partial charge in [-0.05, 0) is 41.8 Å². The number of anilines is 1. The van der Waals surface area contributed by atoms with Crippen LogP contribution in [0, 0.1) is 6.92 Å². The number of carbonyl (C=O) groups is 2. The van der Waals surface area contributed by atoms with Gasteiger partial charge in [0.1, 0.15) is 0 Å². The van der Waals surface area contributed by atoms with E-state index in [1.165, 1.54) is 11.1 Å². The van der Waals surface area contributed by atoms with Crippen LogP contribution in [0.15, 0.2) is 109 Å². The van der Waals surface area contributed by atoms with Crippen molar-refractivity contribution in [3.8, 4) is 0 Å². The fourth-order valence-corrected chi connectivity index (χ4v) is 5.03. The second-order valence-corrected chi connectivity index (χ2v) is 9.37. The van der Waals surface area contributed by atoms with Gasteiger partial charge >= 0.3 is 0 Å². The summed E-state index contributed by atoms with van der Waals surface area (Å²) in [5.41, 5.74) is 5.04. The number of piperazine rings is 1. The number of benzene rings is 4. The highest BCUT2D eigenvalue weighted by molar-refractivity contribution is 6.09. The maximum absolute atomic E-state index is 13.6. The molecule has 1 fully saturated rings. The van der Waals surface area contributed by atoms with Crippen molar-refractivity contribution in [3.05, 3.63) is 137 Å². The first kappa shape index (κ1) is 24.5. The third-order valence-corrected chi connectivity index (χ3v) is 6.99. The van der Waals surface area contributed by atoms with Crippen molar-refractivity contribution in [2.75, 3.05) is 31.5 Å². The number of nitrogens with one attached hydrogen (secondary N) is 1. The van der Waals surface area contributed by atoms with Gasteiger partial charge in [0.15, 0.2) is 0 Å². The van der Waals surface area contributed by atoms with E-state index in [0.29, 0.717) is 29.9 Å². The first-order valence-electron chi connectivity index (χ1n) is 12.7. The van der Waals surface area contributed by atoms with Crippen molar-refractivity contribution in [3.63, 3.8) is 0 Å². The quantitative estimate of drug-likeness (QED) is 0.373. The molecule has 37 heavy (non-hydrogen) atoms. The molecule has 4 aromatic rings. The Labute approximate surface area is 218 Å². The number of hydrogen-bond donors (Lipinski definition) is 1. The molecule has 5 rings (SSSR count). The molecule has 1 saturated heterocycles. The fraction of sp³-hybridized carbons (Fsp3) is 0.188. The highest BCUT2D eigenvalue weighted by Crippen LogP contribution is 2.30. The van der Waals surface area contributed by atoms with Gasteiger partial charge in [-0.25, -0.2) is 0 Å². The third kappa shape index (κ3) is 5.47. The summed E-state index contributed by atoms with van der Waals surface area (Å²) >= 11 is 0. The number of para-hydroxylation sites is 1. The van der Waals surface area contributed by atoms with Crippen LogP contribution in [0.25, 0.3) is 0 Å². The lowest BCUT2D eigenvalue weighted by Crippen LogP contribution is -2.50. The molecule has 2 amide bonds. The Morgan fingerprint density at radius 2 is 1.16 bits per heavy atom. The zero-order valence-electron chi connectivity index (χ0n) is 21.0. The molecule has 1 aliphatic heterocycles. The Morgan fingerprint density at radius 3 is 1.76 bits per heavy atom. The zero-order valence-corrected chi connectivity index (χ0v) is 21.0. The Balaban J connectivity index is 1.31. The normalized spacial score (nSPS) is 13.9. The molecular formula is C32H31N3O2. The molecule has 0 spiro atoms. The lowest BCUT2D eigenvalue weighted by molar-refractivity contribution is 0.0598. The number of aryl methyl sites for hydroxylation is 1. The van der Waals surface area contributed by atoms with Gasteiger partial charge in [-0.15, -0.1) is 0 Å². The summed E-state index contributed by atoms with van der Waals surface area (Å²) in [6.45, 7) is 4.67. The van der Waals surface area contributed by atoms with Gasteiger partial charge in [0.2, 0.25) is 0 Å². The molecular weight excluding hydrogens is 458 g/mol. The SMILES string of the molecule is Cc1ccccc1C(=O)Nc1ccccc1C(=O)N1CCN(C(c2ccccc2)c2ccccc2)CC1. The van der Waals surface area contributed by atoms with Crippen molar-refractivity contribution in [1.82, 2.24) is 9.80 Å². The predicted octanol–water partition coefficient (Wildman–Crippen LogP) is 5.79. The van der Waals surface area contributed by atoms with Gasteiger partial charge in [-0.1, -0.05) is 91.0 Å². The van der Waals surface area contributed by atoms with Gasteiger partial charge < -0.3 is 10.2 Å². The molecule has 0 bridgehead atoms. The molecule has 186 valence electrons. The minimum atomic E-state index is -0.211. The molecule has 4 aromatic carbocycles. The fourth-order valence-electron chi connectivity index (χ4n) is 5.03. The summed E-state index contributed by atoms with van der Waals surface area (Å²) in [5.74, 6) is -0.270. The summed E-state index contributed by atoms with van der Waals surface area (Å²) in [5, 5.41) is 2.96. The van der Waals surface area contributed by atoms with E-state index in [0.717, 1.165) is 18.7 Å². The van der Waals surface area contributed by atoms with Crippen LogP contribution >= 0.6 is 0 Å². The van der Waals surface area contributed by atoms with Crippen LogP contribution in [-0.4, -0.2) is 47.8 Å². The summed E-state index contributed by atoms with van der Waals surface area (Å²) in [6, 6.07) is 35.9. The van der Waals surface area contributed by atoms with Crippen LogP contribution in [0.5, 0.6) is 0 Å². The van der Waals surface area contributed by atoms with E-state index in [2.05, 4.69) is 58.7 Å². The minimum absolute atomic E-state index is 0.0590. The maximum Gasteiger partial charge on any atom is 0.256 e. The second-order valence-electron chi connectivity index (χ2n) is 9.37. The number of hydrogen-bond acceptors (Lipinski definition) is 3. The van der Waals surface area contributed by atoms with Crippen molar-refractivity contribution < 1.29 is 9.59 Å². The summed E-state index contributed by atoms with van der Waals surface area (Å²) < 4.78 is 0. The van der Waals surface area contributed by atoms with Crippen LogP contribution < -0.4 is 5.32 Å². The number of nitrogens with zero attached hydrogens (tertiary/aromatic N) is 2. The summed E-state index contributed by atoms with van der Waals surface area (Å²) in [6.07, 6.45) is 0. The van der Waals surface area contributed by atoms with Crippen LogP contribution in [0.1, 0.15) is 43.4 Å². The van der Waals surface area contributed by atoms with Crippen LogP contribution in [0.4, 0.5) is 5.69 Å². The average Bonchev–Trinajstić information content (AvgIpc) is 2.95. The van der Waals surface area contributed by atoms with Crippen molar-refractivity contribution in [2.45, 2.75) is 13.0 Å². The van der Waals surface area contributed by atoms with Crippen LogP contribution in [0.3, 0.4) is 0 Å². The first-order valence-corrected chi connectivity index (χ1v) is 12.7. The monoisotopic (exact) mass is 489 g/mol. The molecule has 1 N–H and O–H groups in total. The van der Waals surface area contributed by atoms with E-state index in [-0.39, 0.29) is 17.9 Å². The Hall–Kier alpha value is -4.22. The number of amides is 2. The van der Waals surface area contributed by atoms with E-state index < -0.39 is 0 Å². The molecule has 5 heteroatoms. The summed E-state index contributed by atoms with van der Waals surface area (Å²) in [7, 11) is 0. The number of carbonyl (C=O) groups excluding carboxylic acids is 2. The molecule has 0 aliphatic carbocycles. The molecule has 0 radical (unpaired) electrons. The minimum Gasteiger partial charge on any atom is -0.336 e. The molecule has 1 aliphatic rings. The van der Waals surface area contributed by atoms with E-state index in [1.54, 1.807) is 18.2 Å². The van der Waals surface area contributed by atoms with Crippen molar-refractivity contribution in [2.24, 2.45) is 0 Å². The van der Waals surface area contributed by atoms with Gasteiger partial charge in [-0.2, -0.15) is 0 Å². The Bertz CT molecular complexity index is 1320. The van der Waals surface area contributed by atoms with E-state index in [4.69, 9.17) is 0 Å². The molecule has 1 heterocycles. The van der Waals surface area contributed by atoms with Crippen LogP contribution in [-0.2, 0) is 0 Å². The average molecular weight is 490 g/mol. The largest absolute Gasteiger partial charge is 0.336 e. The molecule has 0 aromatic heterocycles. The number of rotatable bonds is 6. The lowest BCUT2D eigenvalue weighted by Gasteiger charge is -2.40. The van der Waals surface area contributed by atoms with E-state index in [9.17, 15) is 9.59 Å². The maximum atomic E-state index is 13.6. The lowest BCUT2D eigenvalue weighted by atomic mass is 9.96. The highest BCUT2D eigenvalue weighted by Gasteiger charge is 2.29. The van der Waals surface area contributed by atoms with Crippen LogP contribution in [0.2, 0.25) is 0 Å². The standard InChI is InChI=1S/C32H31N3O2/c1-24-12-8-9-17-27(24)31(36)33-29-19-11-10-18-28(29)32(37)35-22-20-34(21-23-35)30(25-13-4-2-5-14-25)26-15-6-3-7-16-26/h2-19,30H,20-23H2,1H3,(H,33,36). The Kier molecular flexibility index (Phi) is 7.43. The second kappa shape index (κ2) is 11.2. The zero-order chi connectivity index (χ0) is 25.6. The smallest absolute Gasteiger partial charge is 0.256 e. The molecule has 0 unspecified atom stereocenters. The van der Waals surface area contributed by atoms with Gasteiger partial charge in [-0.3, -0.25) is 14.5 Å². The predicted molar refractivity (Wildman–Crippen MR) is 148 cm³/mol. The van der Waals surface area contributed by atoms with Gasteiger partial charge in [0.05, 0.1) is 17.3 Å². The van der Waals surface area contributed by atoms with E-state index in [1.807, 2.05) is 54.3 Å². The highest BCUT2D eigenvalue weighted by atomic mass is 16.2. The summed E-state index contributed by atoms with van der Waals surface area (Å²) in [4.78, 5) is 30.8. The Morgan fingerprint density at radius 1 is 0.649 bits per heavy atom. The van der Waals surface area contributed by atoms with Gasteiger partial charge in [0, 0.05) is 31.7 Å². The molecule has 5 nitrogen and oxygen atoms in total. The van der Waals surface area contributed by atoms with Gasteiger partial charge in [0.25, 0.3) is 11.8 Å². The molecule has 0 saturated carbocycles. The third-order valence-electron chi connectivity index (χ3n) is 6.99.